The van der Waals surface area contributed by atoms with Crippen LogP contribution in [0.3, 0.4) is 0 Å². The first kappa shape index (κ1) is 11.2. The molecule has 1 aliphatic rings. The quantitative estimate of drug-likeness (QED) is 0.585. The second-order valence-corrected chi connectivity index (χ2v) is 4.81. The van der Waals surface area contributed by atoms with E-state index in [2.05, 4.69) is 16.8 Å². The number of hydrogen-bond acceptors (Lipinski definition) is 5. The van der Waals surface area contributed by atoms with E-state index in [-0.39, 0.29) is 17.3 Å². The van der Waals surface area contributed by atoms with Gasteiger partial charge in [0, 0.05) is 13.0 Å². The van der Waals surface area contributed by atoms with E-state index < -0.39 is 0 Å². The summed E-state index contributed by atoms with van der Waals surface area (Å²) >= 11 is 1.40. The van der Waals surface area contributed by atoms with Crippen LogP contribution >= 0.6 is 11.8 Å². The highest BCUT2D eigenvalue weighted by Crippen LogP contribution is 2.30. The van der Waals surface area contributed by atoms with Gasteiger partial charge in [0.15, 0.2) is 5.16 Å². The lowest BCUT2D eigenvalue weighted by molar-refractivity contribution is -0.140. The molecule has 1 saturated heterocycles. The second-order valence-electron chi connectivity index (χ2n) is 3.64. The zero-order valence-corrected chi connectivity index (χ0v) is 9.81. The average Bonchev–Trinajstić information content (AvgIpc) is 2.77. The van der Waals surface area contributed by atoms with Gasteiger partial charge in [0.1, 0.15) is 17.7 Å². The van der Waals surface area contributed by atoms with Crippen molar-refractivity contribution in [3.8, 4) is 0 Å². The van der Waals surface area contributed by atoms with Crippen LogP contribution in [-0.2, 0) is 16.1 Å². The molecule has 0 aromatic carbocycles. The van der Waals surface area contributed by atoms with Crippen molar-refractivity contribution in [2.24, 2.45) is 0 Å². The number of hydrogen-bond donors (Lipinski definition) is 0. The summed E-state index contributed by atoms with van der Waals surface area (Å²) in [6, 6.07) is 0. The Morgan fingerprint density at radius 3 is 3.25 bits per heavy atom. The van der Waals surface area contributed by atoms with Gasteiger partial charge < -0.3 is 9.30 Å². The highest BCUT2D eigenvalue weighted by atomic mass is 32.2. The topological polar surface area (TPSA) is 57.0 Å². The van der Waals surface area contributed by atoms with Crippen LogP contribution in [0.2, 0.25) is 0 Å². The SMILES string of the molecule is C=CCn1cnnc1S[C@@H]1C[C@@H](C)OC1=O. The summed E-state index contributed by atoms with van der Waals surface area (Å²) in [6.45, 7) is 6.20. The largest absolute Gasteiger partial charge is 0.462 e. The van der Waals surface area contributed by atoms with Crippen molar-refractivity contribution in [1.29, 1.82) is 0 Å². The van der Waals surface area contributed by atoms with Gasteiger partial charge in [0.25, 0.3) is 0 Å². The molecule has 2 heterocycles. The molecule has 1 fully saturated rings. The number of esters is 1. The van der Waals surface area contributed by atoms with E-state index >= 15 is 0 Å². The fraction of sp³-hybridized carbons (Fsp3) is 0.500. The maximum Gasteiger partial charge on any atom is 0.319 e. The number of thioether (sulfide) groups is 1. The van der Waals surface area contributed by atoms with Gasteiger partial charge in [-0.3, -0.25) is 4.79 Å². The Hall–Kier alpha value is -1.30. The summed E-state index contributed by atoms with van der Waals surface area (Å²) in [4.78, 5) is 11.5. The number of aromatic nitrogens is 3. The van der Waals surface area contributed by atoms with Gasteiger partial charge in [0.2, 0.25) is 0 Å². The molecule has 2 rings (SSSR count). The van der Waals surface area contributed by atoms with Crippen LogP contribution in [-0.4, -0.2) is 32.1 Å². The smallest absolute Gasteiger partial charge is 0.319 e. The summed E-state index contributed by atoms with van der Waals surface area (Å²) < 4.78 is 6.94. The van der Waals surface area contributed by atoms with Gasteiger partial charge in [-0.2, -0.15) is 0 Å². The standard InChI is InChI=1S/C10H13N3O2S/c1-3-4-13-6-11-12-10(13)16-8-5-7(2)15-9(8)14/h3,6-8H,1,4-5H2,2H3/t7-,8-/m1/s1. The van der Waals surface area contributed by atoms with Crippen LogP contribution < -0.4 is 0 Å². The minimum Gasteiger partial charge on any atom is -0.462 e. The van der Waals surface area contributed by atoms with Crippen LogP contribution in [0.5, 0.6) is 0 Å². The maximum absolute atomic E-state index is 11.5. The van der Waals surface area contributed by atoms with Crippen molar-refractivity contribution >= 4 is 17.7 Å². The minimum absolute atomic E-state index is 0.000718. The summed E-state index contributed by atoms with van der Waals surface area (Å²) in [5, 5.41) is 8.37. The number of nitrogens with zero attached hydrogens (tertiary/aromatic N) is 3. The first-order valence-electron chi connectivity index (χ1n) is 5.06. The van der Waals surface area contributed by atoms with Gasteiger partial charge >= 0.3 is 5.97 Å². The van der Waals surface area contributed by atoms with E-state index in [0.29, 0.717) is 6.54 Å². The summed E-state index contributed by atoms with van der Waals surface area (Å²) in [7, 11) is 0. The van der Waals surface area contributed by atoms with Crippen LogP contribution in [0.15, 0.2) is 24.1 Å². The van der Waals surface area contributed by atoms with Crippen molar-refractivity contribution < 1.29 is 9.53 Å². The fourth-order valence-corrected chi connectivity index (χ4v) is 2.67. The van der Waals surface area contributed by atoms with Crippen molar-refractivity contribution in [2.75, 3.05) is 0 Å². The van der Waals surface area contributed by atoms with E-state index in [4.69, 9.17) is 4.74 Å². The molecule has 0 aliphatic carbocycles. The Balaban J connectivity index is 2.06. The van der Waals surface area contributed by atoms with Crippen molar-refractivity contribution in [2.45, 2.75) is 36.4 Å². The maximum atomic E-state index is 11.5. The summed E-state index contributed by atoms with van der Waals surface area (Å²) in [5.74, 6) is -0.161. The zero-order chi connectivity index (χ0) is 11.5. The lowest BCUT2D eigenvalue weighted by Gasteiger charge is -2.05. The molecule has 1 aromatic rings. The molecule has 0 radical (unpaired) electrons. The third-order valence-corrected chi connectivity index (χ3v) is 3.48. The molecular formula is C10H13N3O2S. The normalized spacial score (nSPS) is 24.4. The van der Waals surface area contributed by atoms with Crippen molar-refractivity contribution in [3.05, 3.63) is 19.0 Å². The minimum atomic E-state index is -0.164. The predicted octanol–water partition coefficient (Wildman–Crippen LogP) is 1.26. The molecule has 1 aliphatic heterocycles. The third kappa shape index (κ3) is 2.27. The van der Waals surface area contributed by atoms with Gasteiger partial charge in [-0.1, -0.05) is 17.8 Å². The van der Waals surface area contributed by atoms with Gasteiger partial charge in [-0.15, -0.1) is 16.8 Å². The van der Waals surface area contributed by atoms with E-state index in [0.717, 1.165) is 11.6 Å². The molecular weight excluding hydrogens is 226 g/mol. The molecule has 2 atom stereocenters. The summed E-state index contributed by atoms with van der Waals surface area (Å²) in [5.41, 5.74) is 0. The van der Waals surface area contributed by atoms with Crippen LogP contribution in [0.1, 0.15) is 13.3 Å². The Bertz CT molecular complexity index is 405. The highest BCUT2D eigenvalue weighted by Gasteiger charge is 2.33. The first-order valence-corrected chi connectivity index (χ1v) is 5.94. The monoisotopic (exact) mass is 239 g/mol. The molecule has 16 heavy (non-hydrogen) atoms. The predicted molar refractivity (Wildman–Crippen MR) is 60.0 cm³/mol. The second kappa shape index (κ2) is 4.69. The summed E-state index contributed by atoms with van der Waals surface area (Å²) in [6.07, 6.45) is 4.13. The Morgan fingerprint density at radius 2 is 2.62 bits per heavy atom. The molecule has 0 spiro atoms. The number of ether oxygens (including phenoxy) is 1. The third-order valence-electron chi connectivity index (χ3n) is 2.28. The molecule has 0 saturated carbocycles. The van der Waals surface area contributed by atoms with E-state index in [1.807, 2.05) is 11.5 Å². The van der Waals surface area contributed by atoms with Crippen LogP contribution in [0.4, 0.5) is 0 Å². The van der Waals surface area contributed by atoms with E-state index in [9.17, 15) is 4.79 Å². The molecule has 5 nitrogen and oxygen atoms in total. The Morgan fingerprint density at radius 1 is 1.81 bits per heavy atom. The van der Waals surface area contributed by atoms with Crippen LogP contribution in [0.25, 0.3) is 0 Å². The molecule has 0 bridgehead atoms. The van der Waals surface area contributed by atoms with Crippen molar-refractivity contribution in [1.82, 2.24) is 14.8 Å². The Kier molecular flexibility index (Phi) is 3.28. The average molecular weight is 239 g/mol. The fourth-order valence-electron chi connectivity index (χ4n) is 1.54. The lowest BCUT2D eigenvalue weighted by atomic mass is 10.3. The van der Waals surface area contributed by atoms with Gasteiger partial charge in [0.05, 0.1) is 0 Å². The lowest BCUT2D eigenvalue weighted by Crippen LogP contribution is -2.11. The number of carbonyl (C=O) groups is 1. The van der Waals surface area contributed by atoms with E-state index in [1.165, 1.54) is 11.8 Å². The van der Waals surface area contributed by atoms with Crippen molar-refractivity contribution in [3.63, 3.8) is 0 Å². The van der Waals surface area contributed by atoms with E-state index in [1.54, 1.807) is 12.4 Å². The van der Waals surface area contributed by atoms with Gasteiger partial charge in [-0.25, -0.2) is 0 Å². The molecule has 0 unspecified atom stereocenters. The molecule has 6 heteroatoms. The molecule has 0 N–H and O–H groups in total. The first-order chi connectivity index (χ1) is 7.70. The zero-order valence-electron chi connectivity index (χ0n) is 9.00. The van der Waals surface area contributed by atoms with Gasteiger partial charge in [-0.05, 0) is 6.92 Å². The number of allylic oxidation sites excluding steroid dienone is 1. The Labute approximate surface area is 97.9 Å². The number of cyclic esters (lactones) is 1. The highest BCUT2D eigenvalue weighted by molar-refractivity contribution is 8.00. The number of rotatable bonds is 4. The molecule has 0 amide bonds. The van der Waals surface area contributed by atoms with Crippen LogP contribution in [0, 0.1) is 0 Å². The molecule has 1 aromatic heterocycles. The molecule has 86 valence electrons. The number of carbonyl (C=O) groups excluding carboxylic acids is 1.